The third kappa shape index (κ3) is 4.92. The van der Waals surface area contributed by atoms with Gasteiger partial charge in [-0.15, -0.1) is 0 Å². The number of nitrogens with zero attached hydrogens (tertiary/aromatic N) is 5. The zero-order valence-electron chi connectivity index (χ0n) is 18.1. The molecule has 1 saturated heterocycles. The van der Waals surface area contributed by atoms with E-state index in [1.807, 2.05) is 6.92 Å². The molecule has 1 aromatic rings. The predicted octanol–water partition coefficient (Wildman–Crippen LogP) is 2.17. The van der Waals surface area contributed by atoms with Crippen LogP contribution in [0.2, 0.25) is 0 Å². The van der Waals surface area contributed by atoms with Crippen LogP contribution in [-0.4, -0.2) is 91.4 Å². The van der Waals surface area contributed by atoms with Crippen molar-refractivity contribution in [3.8, 4) is 0 Å². The lowest BCUT2D eigenvalue weighted by atomic mass is 10.2. The highest BCUT2D eigenvalue weighted by molar-refractivity contribution is 14.1. The Bertz CT molecular complexity index is 777. The second-order valence-electron chi connectivity index (χ2n) is 8.02. The standard InChI is InChI=1S/C22H33IN6O/c1-3-30-14-13-27-16-20-21(26(2)17-27)25-22(28-11-6-9-24-10-12-28)29(20)15-18-7-4-5-8-19(18)23/h4-5,7-8,16,22,24H,3,6,9-15,17H2,1-2H3. The largest absolute Gasteiger partial charge is 0.380 e. The van der Waals surface area contributed by atoms with Gasteiger partial charge in [-0.2, -0.15) is 0 Å². The summed E-state index contributed by atoms with van der Waals surface area (Å²) >= 11 is 2.45. The Hall–Kier alpha value is -1.36. The van der Waals surface area contributed by atoms with Gasteiger partial charge in [-0.1, -0.05) is 18.2 Å². The van der Waals surface area contributed by atoms with Gasteiger partial charge in [0, 0.05) is 56.1 Å². The number of halogens is 1. The van der Waals surface area contributed by atoms with Crippen molar-refractivity contribution in [2.75, 3.05) is 59.7 Å². The van der Waals surface area contributed by atoms with Crippen LogP contribution < -0.4 is 5.32 Å². The van der Waals surface area contributed by atoms with E-state index in [1.54, 1.807) is 0 Å². The molecule has 8 heteroatoms. The number of nitrogens with one attached hydrogen (secondary N) is 1. The van der Waals surface area contributed by atoms with Crippen molar-refractivity contribution < 1.29 is 4.74 Å². The van der Waals surface area contributed by atoms with Gasteiger partial charge in [0.15, 0.2) is 12.1 Å². The highest BCUT2D eigenvalue weighted by Gasteiger charge is 2.39. The van der Waals surface area contributed by atoms with Crippen molar-refractivity contribution in [2.24, 2.45) is 4.99 Å². The number of hydrogen-bond donors (Lipinski definition) is 1. The minimum Gasteiger partial charge on any atom is -0.380 e. The van der Waals surface area contributed by atoms with Crippen molar-refractivity contribution in [3.63, 3.8) is 0 Å². The van der Waals surface area contributed by atoms with E-state index in [1.165, 1.54) is 14.8 Å². The molecule has 1 N–H and O–H groups in total. The summed E-state index contributed by atoms with van der Waals surface area (Å²) in [4.78, 5) is 14.9. The smallest absolute Gasteiger partial charge is 0.181 e. The lowest BCUT2D eigenvalue weighted by molar-refractivity contribution is 0.0843. The van der Waals surface area contributed by atoms with E-state index in [9.17, 15) is 0 Å². The maximum atomic E-state index is 5.60. The number of hydrogen-bond acceptors (Lipinski definition) is 7. The molecule has 1 unspecified atom stereocenters. The number of rotatable bonds is 7. The maximum Gasteiger partial charge on any atom is 0.181 e. The highest BCUT2D eigenvalue weighted by Crippen LogP contribution is 2.31. The maximum absolute atomic E-state index is 5.60. The van der Waals surface area contributed by atoms with Gasteiger partial charge >= 0.3 is 0 Å². The predicted molar refractivity (Wildman–Crippen MR) is 129 cm³/mol. The molecule has 30 heavy (non-hydrogen) atoms. The van der Waals surface area contributed by atoms with Crippen molar-refractivity contribution in [1.82, 2.24) is 24.9 Å². The Morgan fingerprint density at radius 1 is 1.23 bits per heavy atom. The Morgan fingerprint density at radius 2 is 2.10 bits per heavy atom. The fourth-order valence-electron chi connectivity index (χ4n) is 4.29. The quantitative estimate of drug-likeness (QED) is 0.436. The molecule has 0 aromatic heterocycles. The molecule has 0 radical (unpaired) electrons. The molecule has 3 aliphatic rings. The van der Waals surface area contributed by atoms with E-state index in [0.29, 0.717) is 0 Å². The third-order valence-electron chi connectivity index (χ3n) is 5.84. The van der Waals surface area contributed by atoms with Crippen molar-refractivity contribution >= 4 is 28.4 Å². The van der Waals surface area contributed by atoms with Crippen LogP contribution in [0, 0.1) is 3.57 Å². The van der Waals surface area contributed by atoms with Crippen LogP contribution in [0.3, 0.4) is 0 Å². The number of likely N-dealkylation sites (N-methyl/N-ethyl adjacent to an activating group) is 1. The van der Waals surface area contributed by atoms with E-state index in [4.69, 9.17) is 9.73 Å². The summed E-state index contributed by atoms with van der Waals surface area (Å²) in [5, 5.41) is 3.52. The molecule has 164 valence electrons. The molecule has 0 spiro atoms. The summed E-state index contributed by atoms with van der Waals surface area (Å²) in [5.41, 5.74) is 2.57. The topological polar surface area (TPSA) is 46.6 Å². The minimum atomic E-state index is 0.0523. The lowest BCUT2D eigenvalue weighted by Crippen LogP contribution is -2.47. The second-order valence-corrected chi connectivity index (χ2v) is 9.18. The number of benzene rings is 1. The van der Waals surface area contributed by atoms with Crippen molar-refractivity contribution in [1.29, 1.82) is 0 Å². The molecule has 0 amide bonds. The minimum absolute atomic E-state index is 0.0523. The van der Waals surface area contributed by atoms with Crippen LogP contribution >= 0.6 is 22.6 Å². The molecule has 0 bridgehead atoms. The van der Waals surface area contributed by atoms with Gasteiger partial charge < -0.3 is 24.8 Å². The fraction of sp³-hybridized carbons (Fsp3) is 0.591. The molecular weight excluding hydrogens is 491 g/mol. The summed E-state index contributed by atoms with van der Waals surface area (Å²) < 4.78 is 6.91. The second kappa shape index (κ2) is 10.3. The summed E-state index contributed by atoms with van der Waals surface area (Å²) in [6, 6.07) is 8.67. The summed E-state index contributed by atoms with van der Waals surface area (Å²) in [7, 11) is 2.15. The zero-order chi connectivity index (χ0) is 20.9. The van der Waals surface area contributed by atoms with Gasteiger partial charge in [-0.05, 0) is 54.1 Å². The number of aliphatic imine (C=N–C) groups is 1. The molecule has 7 nitrogen and oxygen atoms in total. The molecule has 3 heterocycles. The summed E-state index contributed by atoms with van der Waals surface area (Å²) in [5.74, 6) is 1.11. The first-order chi connectivity index (χ1) is 14.7. The van der Waals surface area contributed by atoms with Crippen molar-refractivity contribution in [2.45, 2.75) is 26.2 Å². The SMILES string of the molecule is CCOCCN1C=C2C(=NC(N3CCCNCC3)N2Cc2ccccc2I)N(C)C1. The van der Waals surface area contributed by atoms with Gasteiger partial charge in [0.1, 0.15) is 0 Å². The van der Waals surface area contributed by atoms with Crippen LogP contribution in [0.15, 0.2) is 41.2 Å². The van der Waals surface area contributed by atoms with Gasteiger partial charge in [0.05, 0.1) is 19.0 Å². The molecule has 0 aliphatic carbocycles. The van der Waals surface area contributed by atoms with Crippen LogP contribution in [0.5, 0.6) is 0 Å². The summed E-state index contributed by atoms with van der Waals surface area (Å²) in [6.45, 7) is 10.4. The normalized spacial score (nSPS) is 22.6. The van der Waals surface area contributed by atoms with Gasteiger partial charge in [0.25, 0.3) is 0 Å². The molecule has 3 aliphatic heterocycles. The Balaban J connectivity index is 1.62. The molecule has 4 rings (SSSR count). The van der Waals surface area contributed by atoms with Crippen LogP contribution in [0.4, 0.5) is 0 Å². The Labute approximate surface area is 193 Å². The molecule has 1 fully saturated rings. The highest BCUT2D eigenvalue weighted by atomic mass is 127. The van der Waals surface area contributed by atoms with Gasteiger partial charge in [0.2, 0.25) is 0 Å². The molecular formula is C22H33IN6O. The van der Waals surface area contributed by atoms with E-state index >= 15 is 0 Å². The third-order valence-corrected chi connectivity index (χ3v) is 6.89. The van der Waals surface area contributed by atoms with Gasteiger partial charge in [-0.3, -0.25) is 4.90 Å². The van der Waals surface area contributed by atoms with Crippen LogP contribution in [-0.2, 0) is 11.3 Å². The number of amidine groups is 1. The first-order valence-electron chi connectivity index (χ1n) is 10.9. The fourth-order valence-corrected chi connectivity index (χ4v) is 4.85. The molecule has 0 saturated carbocycles. The lowest BCUT2D eigenvalue weighted by Gasteiger charge is -2.38. The first kappa shape index (κ1) is 21.9. The summed E-state index contributed by atoms with van der Waals surface area (Å²) in [6.07, 6.45) is 3.51. The number of ether oxygens (including phenoxy) is 1. The monoisotopic (exact) mass is 524 g/mol. The van der Waals surface area contributed by atoms with E-state index in [0.717, 1.165) is 71.4 Å². The van der Waals surface area contributed by atoms with Crippen molar-refractivity contribution in [3.05, 3.63) is 45.3 Å². The van der Waals surface area contributed by atoms with Crippen LogP contribution in [0.1, 0.15) is 18.9 Å². The Kier molecular flexibility index (Phi) is 7.50. The molecule has 1 atom stereocenters. The zero-order valence-corrected chi connectivity index (χ0v) is 20.2. The Morgan fingerprint density at radius 3 is 2.93 bits per heavy atom. The van der Waals surface area contributed by atoms with Crippen LogP contribution in [0.25, 0.3) is 0 Å². The van der Waals surface area contributed by atoms with Gasteiger partial charge in [-0.25, -0.2) is 4.99 Å². The van der Waals surface area contributed by atoms with E-state index in [-0.39, 0.29) is 6.29 Å². The van der Waals surface area contributed by atoms with E-state index in [2.05, 4.69) is 85.0 Å². The number of fused-ring (bicyclic) bond motifs is 1. The average Bonchev–Trinajstić information content (AvgIpc) is 2.91. The van der Waals surface area contributed by atoms with E-state index < -0.39 is 0 Å². The average molecular weight is 524 g/mol. The molecule has 1 aromatic carbocycles. The first-order valence-corrected chi connectivity index (χ1v) is 12.0.